The number of allylic oxidation sites excluding steroid dienone is 1. The Morgan fingerprint density at radius 3 is 2.77 bits per heavy atom. The monoisotopic (exact) mass is 364 g/mol. The molecule has 0 aromatic carbocycles. The molecular formula is C21H28O5. The predicted octanol–water partition coefficient (Wildman–Crippen LogP) is 1.99. The van der Waals surface area contributed by atoms with Gasteiger partial charge in [-0.05, 0) is 55.4 Å². The number of aliphatic hydroxyl groups excluding tert-OH is 1. The van der Waals surface area contributed by atoms with E-state index < -0.39 is 47.5 Å². The first-order valence-corrected chi connectivity index (χ1v) is 9.48. The summed E-state index contributed by atoms with van der Waals surface area (Å²) in [5.41, 5.74) is -2.81. The van der Waals surface area contributed by atoms with Crippen LogP contribution in [-0.2, 0) is 14.4 Å². The first kappa shape index (κ1) is 15.7. The molecule has 5 heteroatoms. The van der Waals surface area contributed by atoms with Crippen molar-refractivity contribution in [3.05, 3.63) is 11.6 Å². The molecule has 2 N–H and O–H groups in total. The lowest BCUT2D eigenvalue weighted by Crippen LogP contribution is -2.60. The fourth-order valence-corrected chi connectivity index (χ4v) is 6.43. The van der Waals surface area contributed by atoms with Crippen molar-refractivity contribution >= 4 is 17.3 Å². The van der Waals surface area contributed by atoms with E-state index in [1.165, 1.54) is 0 Å². The van der Waals surface area contributed by atoms with Gasteiger partial charge < -0.3 is 10.2 Å². The van der Waals surface area contributed by atoms with Gasteiger partial charge in [-0.15, -0.1) is 0 Å². The van der Waals surface area contributed by atoms with Gasteiger partial charge in [-0.25, -0.2) is 0 Å². The second-order valence-corrected chi connectivity index (χ2v) is 8.97. The molecule has 1 unspecified atom stereocenters. The van der Waals surface area contributed by atoms with Crippen molar-refractivity contribution in [2.24, 2.45) is 28.6 Å². The Bertz CT molecular complexity index is 794. The molecule has 3 saturated carbocycles. The van der Waals surface area contributed by atoms with Crippen molar-refractivity contribution in [1.82, 2.24) is 0 Å². The van der Waals surface area contributed by atoms with Crippen LogP contribution in [-0.4, -0.2) is 39.8 Å². The maximum Gasteiger partial charge on any atom is 0.190 e. The topological polar surface area (TPSA) is 91.7 Å². The zero-order chi connectivity index (χ0) is 20.6. The average molecular weight is 364 g/mol. The second kappa shape index (κ2) is 5.59. The van der Waals surface area contributed by atoms with E-state index in [4.69, 9.17) is 2.74 Å². The van der Waals surface area contributed by atoms with Gasteiger partial charge in [-0.3, -0.25) is 14.4 Å². The number of carbonyl (C=O) groups is 3. The Labute approximate surface area is 156 Å². The number of hydrogen-bond acceptors (Lipinski definition) is 5. The molecule has 0 saturated heterocycles. The van der Waals surface area contributed by atoms with Gasteiger partial charge in [0, 0.05) is 26.9 Å². The van der Waals surface area contributed by atoms with Gasteiger partial charge in [-0.2, -0.15) is 0 Å². The van der Waals surface area contributed by atoms with E-state index in [-0.39, 0.29) is 42.7 Å². The summed E-state index contributed by atoms with van der Waals surface area (Å²) in [6, 6.07) is 0. The number of ketones is 3. The van der Waals surface area contributed by atoms with Crippen molar-refractivity contribution in [2.45, 2.75) is 64.3 Å². The molecule has 0 heterocycles. The van der Waals surface area contributed by atoms with E-state index in [0.29, 0.717) is 12.8 Å². The molecular weight excluding hydrogens is 334 g/mol. The molecule has 4 rings (SSSR count). The van der Waals surface area contributed by atoms with E-state index in [1.54, 1.807) is 13.0 Å². The zero-order valence-electron chi connectivity index (χ0n) is 17.3. The molecule has 142 valence electrons. The van der Waals surface area contributed by atoms with Crippen molar-refractivity contribution in [1.29, 1.82) is 0 Å². The van der Waals surface area contributed by atoms with Crippen LogP contribution in [0.1, 0.15) is 61.5 Å². The van der Waals surface area contributed by atoms with Gasteiger partial charge in [-0.1, -0.05) is 19.4 Å². The summed E-state index contributed by atoms with van der Waals surface area (Å²) in [4.78, 5) is 37.8. The minimum Gasteiger partial charge on any atom is -0.388 e. The summed E-state index contributed by atoms with van der Waals surface area (Å²) < 4.78 is 17.4. The molecule has 0 radical (unpaired) electrons. The fourth-order valence-electron chi connectivity index (χ4n) is 6.43. The third-order valence-electron chi connectivity index (χ3n) is 7.93. The lowest BCUT2D eigenvalue weighted by Gasteiger charge is -2.57. The number of carbonyl (C=O) groups excluding carboxylic acids is 3. The molecule has 5 nitrogen and oxygen atoms in total. The molecule has 26 heavy (non-hydrogen) atoms. The average Bonchev–Trinajstić information content (AvgIpc) is 2.88. The summed E-state index contributed by atoms with van der Waals surface area (Å²) in [6.45, 7) is 2.86. The Morgan fingerprint density at radius 1 is 1.35 bits per heavy atom. The lowest BCUT2D eigenvalue weighted by molar-refractivity contribution is -0.170. The van der Waals surface area contributed by atoms with Crippen molar-refractivity contribution in [2.75, 3.05) is 6.61 Å². The first-order valence-electron chi connectivity index (χ1n) is 10.6. The lowest BCUT2D eigenvalue weighted by atomic mass is 9.46. The van der Waals surface area contributed by atoms with Gasteiger partial charge in [0.05, 0.1) is 0 Å². The van der Waals surface area contributed by atoms with Crippen LogP contribution >= 0.6 is 0 Å². The van der Waals surface area contributed by atoms with Gasteiger partial charge in [0.2, 0.25) is 0 Å². The van der Waals surface area contributed by atoms with Crippen LogP contribution in [0.2, 0.25) is 0 Å². The highest BCUT2D eigenvalue weighted by molar-refractivity contribution is 5.94. The van der Waals surface area contributed by atoms with Gasteiger partial charge in [0.1, 0.15) is 18.0 Å². The summed E-state index contributed by atoms with van der Waals surface area (Å²) in [6.07, 6.45) is 1.30. The van der Waals surface area contributed by atoms with Gasteiger partial charge >= 0.3 is 0 Å². The van der Waals surface area contributed by atoms with Crippen molar-refractivity contribution in [3.8, 4) is 0 Å². The largest absolute Gasteiger partial charge is 0.388 e. The fraction of sp³-hybridized carbons (Fsp3) is 0.762. The smallest absolute Gasteiger partial charge is 0.190 e. The van der Waals surface area contributed by atoms with Gasteiger partial charge in [0.15, 0.2) is 11.6 Å². The number of hydrogen-bond donors (Lipinski definition) is 2. The predicted molar refractivity (Wildman–Crippen MR) is 94.1 cm³/mol. The molecule has 0 spiro atoms. The number of rotatable bonds is 2. The van der Waals surface area contributed by atoms with E-state index in [0.717, 1.165) is 5.57 Å². The SMILES string of the molecule is [2H]C1CC2=[13CH][13C](=O)C[C@H]([2H])[C@]2(C)[C@H]2C(=O)C[C@@]3(C)[C@@H](CC[C@]3(O)C(=O)CO)[C@H]12. The molecule has 4 aliphatic rings. The van der Waals surface area contributed by atoms with Crippen LogP contribution in [0.3, 0.4) is 0 Å². The third kappa shape index (κ3) is 2.07. The van der Waals surface area contributed by atoms with Crippen LogP contribution in [0.15, 0.2) is 11.6 Å². The highest BCUT2D eigenvalue weighted by Gasteiger charge is 2.68. The number of Topliss-reactive ketones (excluding diaryl/α,β-unsaturated/α-hetero) is 2. The zero-order valence-corrected chi connectivity index (χ0v) is 15.3. The molecule has 0 amide bonds. The normalized spacial score (nSPS) is 54.5. The summed E-state index contributed by atoms with van der Waals surface area (Å²) in [5.74, 6) is -2.03. The standard InChI is InChI=1S/C21H28O5/c1-19-7-5-13(23)9-12(19)3-4-14-15-6-8-21(26,17(25)11-22)20(15,2)10-16(24)18(14)19/h9,14-15,18,22,26H,3-8,10-11H2,1-2H3/t14-,15-,18+,19-,20-,21-/m0/s1/i4D,7D,9+1,13+1/t4?,7-,14-,15-,18+,19-,20-,21-. The molecule has 4 aliphatic carbocycles. The highest BCUT2D eigenvalue weighted by atomic mass is 16.3. The van der Waals surface area contributed by atoms with Crippen LogP contribution in [0.25, 0.3) is 0 Å². The summed E-state index contributed by atoms with van der Waals surface area (Å²) in [5, 5.41) is 20.6. The Kier molecular flexibility index (Phi) is 3.37. The maximum atomic E-state index is 13.4. The second-order valence-electron chi connectivity index (χ2n) is 8.97. The molecule has 0 bridgehead atoms. The molecule has 0 aliphatic heterocycles. The van der Waals surface area contributed by atoms with Crippen molar-refractivity contribution in [3.63, 3.8) is 0 Å². The number of fused-ring (bicyclic) bond motifs is 5. The minimum absolute atomic E-state index is 0.00265. The minimum atomic E-state index is -1.76. The highest BCUT2D eigenvalue weighted by Crippen LogP contribution is 2.66. The van der Waals surface area contributed by atoms with E-state index in [9.17, 15) is 24.6 Å². The third-order valence-corrected chi connectivity index (χ3v) is 7.93. The molecule has 0 aromatic rings. The Balaban J connectivity index is 1.82. The molecule has 0 aromatic heterocycles. The van der Waals surface area contributed by atoms with Crippen LogP contribution in [0.4, 0.5) is 0 Å². The Morgan fingerprint density at radius 2 is 2.08 bits per heavy atom. The van der Waals surface area contributed by atoms with Crippen molar-refractivity contribution < 1.29 is 27.3 Å². The first-order chi connectivity index (χ1) is 13.0. The number of aliphatic hydroxyl groups is 2. The van der Waals surface area contributed by atoms with E-state index >= 15 is 0 Å². The molecule has 8 atom stereocenters. The summed E-state index contributed by atoms with van der Waals surface area (Å²) in [7, 11) is 0. The van der Waals surface area contributed by atoms with E-state index in [2.05, 4.69) is 0 Å². The van der Waals surface area contributed by atoms with Crippen LogP contribution < -0.4 is 0 Å². The quantitative estimate of drug-likeness (QED) is 0.731. The van der Waals surface area contributed by atoms with Gasteiger partial charge in [0.25, 0.3) is 0 Å². The van der Waals surface area contributed by atoms with E-state index in [1.807, 2.05) is 6.92 Å². The molecule has 3 fully saturated rings. The summed E-state index contributed by atoms with van der Waals surface area (Å²) >= 11 is 0. The Hall–Kier alpha value is -1.33. The van der Waals surface area contributed by atoms with Crippen LogP contribution in [0.5, 0.6) is 0 Å². The maximum absolute atomic E-state index is 13.4. The van der Waals surface area contributed by atoms with Crippen LogP contribution in [0, 0.1) is 28.6 Å².